The lowest BCUT2D eigenvalue weighted by molar-refractivity contribution is 0.446. The molecule has 36 heavy (non-hydrogen) atoms. The quantitative estimate of drug-likeness (QED) is 0.145. The average Bonchev–Trinajstić information content (AvgIpc) is 2.89. The predicted octanol–water partition coefficient (Wildman–Crippen LogP) is 8.88. The van der Waals surface area contributed by atoms with Gasteiger partial charge in [-0.05, 0) is 77.4 Å². The zero-order valence-electron chi connectivity index (χ0n) is 20.3. The van der Waals surface area contributed by atoms with Crippen molar-refractivity contribution in [3.8, 4) is 34.1 Å². The Morgan fingerprint density at radius 1 is 0.639 bits per heavy atom. The number of halogens is 4. The van der Waals surface area contributed by atoms with Crippen molar-refractivity contribution in [1.82, 2.24) is 0 Å². The van der Waals surface area contributed by atoms with E-state index in [0.29, 0.717) is 17.5 Å². The van der Waals surface area contributed by atoms with Crippen LogP contribution in [0.1, 0.15) is 48.9 Å². The smallest absolute Gasteiger partial charge is 0.194 e. The summed E-state index contributed by atoms with van der Waals surface area (Å²) < 4.78 is 55.3. The lowest BCUT2D eigenvalue weighted by atomic mass is 9.95. The summed E-state index contributed by atoms with van der Waals surface area (Å²) in [6.07, 6.45) is 3.97. The van der Waals surface area contributed by atoms with E-state index in [4.69, 9.17) is 0 Å². The first-order valence-electron chi connectivity index (χ1n) is 12.1. The molecule has 0 radical (unpaired) electrons. The van der Waals surface area contributed by atoms with Gasteiger partial charge in [0.05, 0.1) is 0 Å². The Morgan fingerprint density at radius 3 is 1.94 bits per heavy atom. The molecular weight excluding hydrogens is 460 g/mol. The number of rotatable bonds is 6. The monoisotopic (exact) mass is 486 g/mol. The Kier molecular flexibility index (Phi) is 7.90. The fraction of sp³-hybridized carbons (Fsp3) is 0.188. The topological polar surface area (TPSA) is 0 Å². The zero-order valence-corrected chi connectivity index (χ0v) is 20.3. The Bertz CT molecular complexity index is 1420. The first-order valence-corrected chi connectivity index (χ1v) is 12.1. The molecule has 0 atom stereocenters. The molecule has 0 aliphatic heterocycles. The summed E-state index contributed by atoms with van der Waals surface area (Å²) in [5, 5.41) is 0. The van der Waals surface area contributed by atoms with Gasteiger partial charge in [0.1, 0.15) is 5.82 Å². The molecule has 0 aliphatic carbocycles. The third-order valence-electron chi connectivity index (χ3n) is 6.20. The number of benzene rings is 4. The third-order valence-corrected chi connectivity index (χ3v) is 6.20. The van der Waals surface area contributed by atoms with Gasteiger partial charge in [-0.2, -0.15) is 0 Å². The summed E-state index contributed by atoms with van der Waals surface area (Å²) in [7, 11) is 0. The highest BCUT2D eigenvalue weighted by atomic mass is 19.2. The van der Waals surface area contributed by atoms with Gasteiger partial charge in [0, 0.05) is 16.7 Å². The Labute approximate surface area is 209 Å². The van der Waals surface area contributed by atoms with Crippen LogP contribution in [0.25, 0.3) is 22.3 Å². The van der Waals surface area contributed by atoms with Gasteiger partial charge in [-0.3, -0.25) is 0 Å². The number of hydrogen-bond acceptors (Lipinski definition) is 0. The molecule has 0 fully saturated rings. The van der Waals surface area contributed by atoms with Gasteiger partial charge in [-0.15, -0.1) is 0 Å². The summed E-state index contributed by atoms with van der Waals surface area (Å²) >= 11 is 0. The first kappa shape index (κ1) is 25.3. The van der Waals surface area contributed by atoms with Gasteiger partial charge < -0.3 is 0 Å². The fourth-order valence-electron chi connectivity index (χ4n) is 4.12. The summed E-state index contributed by atoms with van der Waals surface area (Å²) in [6.45, 7) is 4.12. The number of unbranched alkanes of at least 4 members (excludes halogenated alkanes) is 1. The van der Waals surface area contributed by atoms with E-state index in [-0.39, 0.29) is 11.4 Å². The van der Waals surface area contributed by atoms with Crippen molar-refractivity contribution in [2.75, 3.05) is 0 Å². The molecule has 0 saturated carbocycles. The van der Waals surface area contributed by atoms with Crippen molar-refractivity contribution in [2.45, 2.75) is 39.5 Å². The van der Waals surface area contributed by atoms with Crippen LogP contribution in [-0.4, -0.2) is 0 Å². The second-order valence-corrected chi connectivity index (χ2v) is 8.72. The molecule has 0 unspecified atom stereocenters. The van der Waals surface area contributed by atoms with Crippen molar-refractivity contribution in [3.63, 3.8) is 0 Å². The summed E-state index contributed by atoms with van der Waals surface area (Å²) in [6, 6.07) is 20.6. The van der Waals surface area contributed by atoms with E-state index in [0.717, 1.165) is 53.6 Å². The lowest BCUT2D eigenvalue weighted by Crippen LogP contribution is -1.93. The van der Waals surface area contributed by atoms with Crippen molar-refractivity contribution in [2.24, 2.45) is 0 Å². The van der Waals surface area contributed by atoms with Gasteiger partial charge in [-0.1, -0.05) is 74.6 Å². The molecule has 0 heterocycles. The third kappa shape index (κ3) is 5.69. The van der Waals surface area contributed by atoms with Crippen LogP contribution in [0.2, 0.25) is 0 Å². The highest BCUT2D eigenvalue weighted by Crippen LogP contribution is 2.30. The van der Waals surface area contributed by atoms with E-state index in [1.165, 1.54) is 5.56 Å². The maximum absolute atomic E-state index is 15.2. The molecule has 0 bridgehead atoms. The van der Waals surface area contributed by atoms with Crippen molar-refractivity contribution >= 4 is 0 Å². The molecule has 182 valence electrons. The van der Waals surface area contributed by atoms with E-state index in [1.807, 2.05) is 31.2 Å². The average molecular weight is 487 g/mol. The van der Waals surface area contributed by atoms with E-state index in [2.05, 4.69) is 30.9 Å². The second kappa shape index (κ2) is 11.3. The minimum atomic E-state index is -1.52. The molecule has 4 aromatic rings. The minimum absolute atomic E-state index is 0.0394. The molecule has 0 saturated heterocycles. The number of hydrogen-bond donors (Lipinski definition) is 0. The standard InChI is InChI=1S/C32H26F4/c1-3-5-6-21-7-10-25(11-8-21)26-15-16-28(29(33)20-26)27-14-13-24(23(4-2)19-27)12-9-22-17-30(34)32(36)31(35)18-22/h7-8,10-11,13-20H,3-6H2,1-2H3. The van der Waals surface area contributed by atoms with Crippen molar-refractivity contribution in [3.05, 3.63) is 118 Å². The Morgan fingerprint density at radius 2 is 1.31 bits per heavy atom. The van der Waals surface area contributed by atoms with Gasteiger partial charge in [0.25, 0.3) is 0 Å². The molecule has 4 rings (SSSR count). The molecule has 4 aromatic carbocycles. The van der Waals surface area contributed by atoms with Gasteiger partial charge in [-0.25, -0.2) is 17.6 Å². The SMILES string of the molecule is CCCCc1ccc(-c2ccc(-c3ccc(C#Cc4cc(F)c(F)c(F)c4)c(CC)c3)c(F)c2)cc1. The van der Waals surface area contributed by atoms with Gasteiger partial charge in [0.2, 0.25) is 0 Å². The van der Waals surface area contributed by atoms with Crippen LogP contribution in [0, 0.1) is 35.1 Å². The predicted molar refractivity (Wildman–Crippen MR) is 138 cm³/mol. The molecule has 0 nitrogen and oxygen atoms in total. The zero-order chi connectivity index (χ0) is 25.7. The number of aryl methyl sites for hydroxylation is 2. The van der Waals surface area contributed by atoms with Crippen LogP contribution in [0.5, 0.6) is 0 Å². The van der Waals surface area contributed by atoms with Gasteiger partial charge in [0.15, 0.2) is 17.5 Å². The maximum atomic E-state index is 15.2. The summed E-state index contributed by atoms with van der Waals surface area (Å²) in [5.41, 5.74) is 5.83. The molecule has 0 N–H and O–H groups in total. The van der Waals surface area contributed by atoms with Crippen LogP contribution in [0.4, 0.5) is 17.6 Å². The van der Waals surface area contributed by atoms with Crippen LogP contribution >= 0.6 is 0 Å². The van der Waals surface area contributed by atoms with Gasteiger partial charge >= 0.3 is 0 Å². The minimum Gasteiger partial charge on any atom is -0.206 e. The van der Waals surface area contributed by atoms with Crippen LogP contribution in [0.3, 0.4) is 0 Å². The fourth-order valence-corrected chi connectivity index (χ4v) is 4.12. The van der Waals surface area contributed by atoms with E-state index < -0.39 is 17.5 Å². The molecule has 0 amide bonds. The first-order chi connectivity index (χ1) is 17.4. The molecule has 0 aliphatic rings. The second-order valence-electron chi connectivity index (χ2n) is 8.72. The summed E-state index contributed by atoms with van der Waals surface area (Å²) in [5.74, 6) is 1.18. The Hall–Kier alpha value is -3.84. The molecule has 0 spiro atoms. The van der Waals surface area contributed by atoms with Crippen LogP contribution < -0.4 is 0 Å². The van der Waals surface area contributed by atoms with Crippen LogP contribution in [-0.2, 0) is 12.8 Å². The molecule has 0 aromatic heterocycles. The van der Waals surface area contributed by atoms with E-state index in [1.54, 1.807) is 24.3 Å². The van der Waals surface area contributed by atoms with Crippen LogP contribution in [0.15, 0.2) is 72.8 Å². The Balaban J connectivity index is 1.59. The highest BCUT2D eigenvalue weighted by molar-refractivity contribution is 5.72. The molecular formula is C32H26F4. The van der Waals surface area contributed by atoms with Crippen molar-refractivity contribution in [1.29, 1.82) is 0 Å². The van der Waals surface area contributed by atoms with Crippen molar-refractivity contribution < 1.29 is 17.6 Å². The van der Waals surface area contributed by atoms with E-state index >= 15 is 4.39 Å². The molecule has 4 heteroatoms. The maximum Gasteiger partial charge on any atom is 0.194 e. The largest absolute Gasteiger partial charge is 0.206 e. The van der Waals surface area contributed by atoms with E-state index in [9.17, 15) is 13.2 Å². The summed E-state index contributed by atoms with van der Waals surface area (Å²) in [4.78, 5) is 0. The highest BCUT2D eigenvalue weighted by Gasteiger charge is 2.11. The lowest BCUT2D eigenvalue weighted by Gasteiger charge is -2.10. The normalized spacial score (nSPS) is 10.7.